The summed E-state index contributed by atoms with van der Waals surface area (Å²) in [5.41, 5.74) is 10.8. The van der Waals surface area contributed by atoms with Gasteiger partial charge in [0.25, 0.3) is 0 Å². The van der Waals surface area contributed by atoms with Crippen molar-refractivity contribution in [2.24, 2.45) is 0 Å². The summed E-state index contributed by atoms with van der Waals surface area (Å²) in [4.78, 5) is 4.78. The van der Waals surface area contributed by atoms with Gasteiger partial charge >= 0.3 is 0 Å². The van der Waals surface area contributed by atoms with Gasteiger partial charge in [-0.15, -0.1) is 0 Å². The maximum atomic E-state index is 9.39. The van der Waals surface area contributed by atoms with Gasteiger partial charge in [0, 0.05) is 17.8 Å². The highest BCUT2D eigenvalue weighted by Crippen LogP contribution is 2.28. The first-order chi connectivity index (χ1) is 10.6. The van der Waals surface area contributed by atoms with Crippen LogP contribution < -0.4 is 5.73 Å². The SMILES string of the molecule is CC(C)c1ccc2c(c1)nc(-c1cccc(N)c1)n2CCO. The van der Waals surface area contributed by atoms with E-state index < -0.39 is 0 Å². The highest BCUT2D eigenvalue weighted by molar-refractivity contribution is 5.82. The van der Waals surface area contributed by atoms with E-state index in [4.69, 9.17) is 10.7 Å². The standard InChI is InChI=1S/C18H21N3O/c1-12(2)13-6-7-17-16(11-13)20-18(21(17)8-9-22)14-4-3-5-15(19)10-14/h3-7,10-12,22H,8-9,19H2,1-2H3. The van der Waals surface area contributed by atoms with Crippen molar-refractivity contribution >= 4 is 16.7 Å². The summed E-state index contributed by atoms with van der Waals surface area (Å²) in [6.45, 7) is 4.93. The van der Waals surface area contributed by atoms with Crippen LogP contribution in [-0.4, -0.2) is 21.3 Å². The van der Waals surface area contributed by atoms with Crippen LogP contribution in [0.3, 0.4) is 0 Å². The molecule has 0 unspecified atom stereocenters. The second-order valence-electron chi connectivity index (χ2n) is 5.84. The fourth-order valence-electron chi connectivity index (χ4n) is 2.73. The zero-order valence-electron chi connectivity index (χ0n) is 13.0. The van der Waals surface area contributed by atoms with E-state index in [2.05, 4.69) is 32.0 Å². The van der Waals surface area contributed by atoms with Gasteiger partial charge in [-0.2, -0.15) is 0 Å². The number of nitrogen functional groups attached to an aromatic ring is 1. The molecular weight excluding hydrogens is 274 g/mol. The van der Waals surface area contributed by atoms with Gasteiger partial charge in [-0.3, -0.25) is 0 Å². The summed E-state index contributed by atoms with van der Waals surface area (Å²) < 4.78 is 2.05. The molecule has 0 bridgehead atoms. The molecule has 3 aromatic rings. The third-order valence-electron chi connectivity index (χ3n) is 3.91. The molecule has 0 aliphatic rings. The normalized spacial score (nSPS) is 11.5. The quantitative estimate of drug-likeness (QED) is 0.725. The number of hydrogen-bond donors (Lipinski definition) is 2. The number of nitrogens with zero attached hydrogens (tertiary/aromatic N) is 2. The van der Waals surface area contributed by atoms with Crippen LogP contribution in [0.25, 0.3) is 22.4 Å². The highest BCUT2D eigenvalue weighted by Gasteiger charge is 2.13. The number of fused-ring (bicyclic) bond motifs is 1. The van der Waals surface area contributed by atoms with Crippen molar-refractivity contribution in [3.8, 4) is 11.4 Å². The molecule has 0 atom stereocenters. The Hall–Kier alpha value is -2.33. The number of benzene rings is 2. The highest BCUT2D eigenvalue weighted by atomic mass is 16.3. The Morgan fingerprint density at radius 3 is 2.68 bits per heavy atom. The molecule has 114 valence electrons. The molecule has 2 aromatic carbocycles. The third-order valence-corrected chi connectivity index (χ3v) is 3.91. The number of rotatable bonds is 4. The van der Waals surface area contributed by atoms with Crippen molar-refractivity contribution in [3.05, 3.63) is 48.0 Å². The Morgan fingerprint density at radius 1 is 1.18 bits per heavy atom. The Balaban J connectivity index is 2.22. The van der Waals surface area contributed by atoms with E-state index in [0.717, 1.165) is 22.4 Å². The maximum Gasteiger partial charge on any atom is 0.141 e. The number of aromatic nitrogens is 2. The van der Waals surface area contributed by atoms with Gasteiger partial charge < -0.3 is 15.4 Å². The van der Waals surface area contributed by atoms with E-state index in [1.54, 1.807) is 0 Å². The average Bonchev–Trinajstić information content (AvgIpc) is 2.86. The predicted octanol–water partition coefficient (Wildman–Crippen LogP) is 3.40. The van der Waals surface area contributed by atoms with Crippen molar-refractivity contribution in [2.75, 3.05) is 12.3 Å². The van der Waals surface area contributed by atoms with E-state index in [1.165, 1.54) is 5.56 Å². The zero-order chi connectivity index (χ0) is 15.7. The molecule has 22 heavy (non-hydrogen) atoms. The summed E-state index contributed by atoms with van der Waals surface area (Å²) in [7, 11) is 0. The van der Waals surface area contributed by atoms with Crippen molar-refractivity contribution in [2.45, 2.75) is 26.3 Å². The average molecular weight is 295 g/mol. The molecule has 4 nitrogen and oxygen atoms in total. The number of aliphatic hydroxyl groups is 1. The lowest BCUT2D eigenvalue weighted by atomic mass is 10.0. The fourth-order valence-corrected chi connectivity index (χ4v) is 2.73. The summed E-state index contributed by atoms with van der Waals surface area (Å²) in [5, 5.41) is 9.39. The van der Waals surface area contributed by atoms with Gasteiger partial charge in [0.1, 0.15) is 5.82 Å². The van der Waals surface area contributed by atoms with Crippen molar-refractivity contribution in [3.63, 3.8) is 0 Å². The van der Waals surface area contributed by atoms with Crippen molar-refractivity contribution < 1.29 is 5.11 Å². The van der Waals surface area contributed by atoms with Gasteiger partial charge in [0.05, 0.1) is 17.6 Å². The summed E-state index contributed by atoms with van der Waals surface area (Å²) >= 11 is 0. The maximum absolute atomic E-state index is 9.39. The number of anilines is 1. The van der Waals surface area contributed by atoms with Crippen molar-refractivity contribution in [1.82, 2.24) is 9.55 Å². The summed E-state index contributed by atoms with van der Waals surface area (Å²) in [5.74, 6) is 1.31. The minimum Gasteiger partial charge on any atom is -0.399 e. The lowest BCUT2D eigenvalue weighted by molar-refractivity contribution is 0.278. The molecule has 3 rings (SSSR count). The van der Waals surface area contributed by atoms with Crippen LogP contribution in [-0.2, 0) is 6.54 Å². The van der Waals surface area contributed by atoms with Gasteiger partial charge in [0.2, 0.25) is 0 Å². The van der Waals surface area contributed by atoms with E-state index in [1.807, 2.05) is 28.8 Å². The Bertz CT molecular complexity index is 805. The smallest absolute Gasteiger partial charge is 0.141 e. The molecule has 0 amide bonds. The molecule has 0 saturated carbocycles. The van der Waals surface area contributed by atoms with Gasteiger partial charge in [-0.1, -0.05) is 32.0 Å². The number of nitrogens with two attached hydrogens (primary N) is 1. The Morgan fingerprint density at radius 2 is 2.00 bits per heavy atom. The van der Waals surface area contributed by atoms with Crippen LogP contribution in [0.5, 0.6) is 0 Å². The summed E-state index contributed by atoms with van der Waals surface area (Å²) in [6, 6.07) is 14.0. The second-order valence-corrected chi connectivity index (χ2v) is 5.84. The van der Waals surface area contributed by atoms with Crippen molar-refractivity contribution in [1.29, 1.82) is 0 Å². The van der Waals surface area contributed by atoms with Crippen LogP contribution in [0.4, 0.5) is 5.69 Å². The van der Waals surface area contributed by atoms with Gasteiger partial charge in [0.15, 0.2) is 0 Å². The molecule has 1 heterocycles. The van der Waals surface area contributed by atoms with Crippen LogP contribution >= 0.6 is 0 Å². The number of aliphatic hydroxyl groups excluding tert-OH is 1. The number of imidazole rings is 1. The third kappa shape index (κ3) is 2.57. The predicted molar refractivity (Wildman–Crippen MR) is 90.8 cm³/mol. The van der Waals surface area contributed by atoms with Crippen LogP contribution in [0.1, 0.15) is 25.3 Å². The van der Waals surface area contributed by atoms with Crippen LogP contribution in [0, 0.1) is 0 Å². The van der Waals surface area contributed by atoms with Crippen LogP contribution in [0.15, 0.2) is 42.5 Å². The van der Waals surface area contributed by atoms with E-state index in [9.17, 15) is 5.11 Å². The molecule has 0 saturated heterocycles. The lowest BCUT2D eigenvalue weighted by Crippen LogP contribution is -2.04. The fraction of sp³-hybridized carbons (Fsp3) is 0.278. The molecule has 4 heteroatoms. The minimum atomic E-state index is 0.0761. The minimum absolute atomic E-state index is 0.0761. The zero-order valence-corrected chi connectivity index (χ0v) is 13.0. The van der Waals surface area contributed by atoms with E-state index in [-0.39, 0.29) is 6.61 Å². The first kappa shape index (κ1) is 14.6. The van der Waals surface area contributed by atoms with Crippen LogP contribution in [0.2, 0.25) is 0 Å². The molecular formula is C18H21N3O. The molecule has 0 radical (unpaired) electrons. The molecule has 0 spiro atoms. The molecule has 0 fully saturated rings. The van der Waals surface area contributed by atoms with Gasteiger partial charge in [-0.25, -0.2) is 4.98 Å². The molecule has 1 aromatic heterocycles. The molecule has 0 aliphatic heterocycles. The second kappa shape index (κ2) is 5.81. The molecule has 3 N–H and O–H groups in total. The van der Waals surface area contributed by atoms with Gasteiger partial charge in [-0.05, 0) is 35.7 Å². The first-order valence-electron chi connectivity index (χ1n) is 7.57. The Kier molecular flexibility index (Phi) is 3.86. The number of hydrogen-bond acceptors (Lipinski definition) is 3. The first-order valence-corrected chi connectivity index (χ1v) is 7.57. The monoisotopic (exact) mass is 295 g/mol. The Labute approximate surface area is 130 Å². The van der Waals surface area contributed by atoms with E-state index >= 15 is 0 Å². The van der Waals surface area contributed by atoms with E-state index in [0.29, 0.717) is 18.2 Å². The largest absolute Gasteiger partial charge is 0.399 e. The molecule has 0 aliphatic carbocycles. The topological polar surface area (TPSA) is 64.1 Å². The summed E-state index contributed by atoms with van der Waals surface area (Å²) in [6.07, 6.45) is 0. The lowest BCUT2D eigenvalue weighted by Gasteiger charge is -2.08.